The number of nitrogens with zero attached hydrogens (tertiary/aromatic N) is 2. The highest BCUT2D eigenvalue weighted by molar-refractivity contribution is 7.89. The molecule has 2 aromatic rings. The summed E-state index contributed by atoms with van der Waals surface area (Å²) in [5.41, 5.74) is 0.0979. The van der Waals surface area contributed by atoms with Gasteiger partial charge in [-0.05, 0) is 30.7 Å². The molecule has 0 unspecified atom stereocenters. The summed E-state index contributed by atoms with van der Waals surface area (Å²) in [6.45, 7) is 2.23. The van der Waals surface area contributed by atoms with Gasteiger partial charge in [-0.3, -0.25) is 10.1 Å². The van der Waals surface area contributed by atoms with Crippen LogP contribution in [0.1, 0.15) is 18.9 Å². The molecule has 0 fully saturated rings. The Balaban J connectivity index is 2.20. The molecule has 0 amide bonds. The van der Waals surface area contributed by atoms with Crippen molar-refractivity contribution in [3.05, 3.63) is 52.1 Å². The van der Waals surface area contributed by atoms with Crippen LogP contribution in [0.5, 0.6) is 17.2 Å². The van der Waals surface area contributed by atoms with Crippen molar-refractivity contribution in [2.24, 2.45) is 5.10 Å². The topological polar surface area (TPSA) is 129 Å². The molecule has 1 N–H and O–H groups in total. The number of ether oxygens (including phenoxy) is 3. The molecule has 0 atom stereocenters. The summed E-state index contributed by atoms with van der Waals surface area (Å²) in [6, 6.07) is 8.31. The molecule has 10 nitrogen and oxygen atoms in total. The molecule has 11 heteroatoms. The van der Waals surface area contributed by atoms with Gasteiger partial charge in [-0.2, -0.15) is 13.5 Å². The second-order valence-electron chi connectivity index (χ2n) is 5.70. The molecule has 0 saturated carbocycles. The standard InChI is InChI=1S/C18H21N3O7S/c1-4-9-28-16-7-5-13(10-15(16)21(22)23)12-19-20-29(24,25)14-6-8-17(26-2)18(11-14)27-3/h5-8,10-12,20H,4,9H2,1-3H3/b19-12+. The van der Waals surface area contributed by atoms with E-state index < -0.39 is 14.9 Å². The molecule has 2 aromatic carbocycles. The van der Waals surface area contributed by atoms with Crippen LogP contribution in [0.2, 0.25) is 0 Å². The van der Waals surface area contributed by atoms with Crippen molar-refractivity contribution in [3.63, 3.8) is 0 Å². The zero-order chi connectivity index (χ0) is 21.4. The maximum atomic E-state index is 12.4. The Hall–Kier alpha value is -3.34. The molecule has 0 saturated heterocycles. The molecule has 0 radical (unpaired) electrons. The quantitative estimate of drug-likeness (QED) is 0.353. The summed E-state index contributed by atoms with van der Waals surface area (Å²) < 4.78 is 40.3. The fourth-order valence-electron chi connectivity index (χ4n) is 2.30. The summed E-state index contributed by atoms with van der Waals surface area (Å²) in [5.74, 6) is 0.769. The lowest BCUT2D eigenvalue weighted by molar-refractivity contribution is -0.385. The van der Waals surface area contributed by atoms with E-state index in [-0.39, 0.29) is 22.1 Å². The predicted molar refractivity (Wildman–Crippen MR) is 106 cm³/mol. The Kier molecular flexibility index (Phi) is 7.37. The summed E-state index contributed by atoms with van der Waals surface area (Å²) in [6.07, 6.45) is 1.87. The van der Waals surface area contributed by atoms with Gasteiger partial charge in [0.2, 0.25) is 0 Å². The van der Waals surface area contributed by atoms with Crippen LogP contribution in [0.3, 0.4) is 0 Å². The second-order valence-corrected chi connectivity index (χ2v) is 7.36. The van der Waals surface area contributed by atoms with Gasteiger partial charge in [0.1, 0.15) is 0 Å². The highest BCUT2D eigenvalue weighted by Crippen LogP contribution is 2.29. The van der Waals surface area contributed by atoms with Gasteiger partial charge >= 0.3 is 5.69 Å². The normalized spacial score (nSPS) is 11.3. The Morgan fingerprint density at radius 1 is 1.10 bits per heavy atom. The maximum Gasteiger partial charge on any atom is 0.311 e. The van der Waals surface area contributed by atoms with Gasteiger partial charge in [0.05, 0.1) is 36.9 Å². The minimum absolute atomic E-state index is 0.0819. The van der Waals surface area contributed by atoms with Crippen LogP contribution in [0, 0.1) is 10.1 Å². The molecule has 0 aliphatic heterocycles. The fraction of sp³-hybridized carbons (Fsp3) is 0.278. The summed E-state index contributed by atoms with van der Waals surface area (Å²) in [4.78, 5) is 12.6. The highest BCUT2D eigenvalue weighted by Gasteiger charge is 2.17. The minimum atomic E-state index is -3.98. The van der Waals surface area contributed by atoms with Crippen LogP contribution in [0.4, 0.5) is 5.69 Å². The first-order valence-electron chi connectivity index (χ1n) is 8.50. The number of nitro groups is 1. The Morgan fingerprint density at radius 3 is 2.41 bits per heavy atom. The van der Waals surface area contributed by atoms with Crippen LogP contribution in [0.25, 0.3) is 0 Å². The van der Waals surface area contributed by atoms with E-state index in [4.69, 9.17) is 14.2 Å². The van der Waals surface area contributed by atoms with E-state index in [0.29, 0.717) is 24.3 Å². The lowest BCUT2D eigenvalue weighted by Crippen LogP contribution is -2.18. The first-order valence-corrected chi connectivity index (χ1v) is 9.98. The van der Waals surface area contributed by atoms with Crippen LogP contribution in [0.15, 0.2) is 46.4 Å². The number of nitrogens with one attached hydrogen (secondary N) is 1. The largest absolute Gasteiger partial charge is 0.493 e. The van der Waals surface area contributed by atoms with Gasteiger partial charge < -0.3 is 14.2 Å². The van der Waals surface area contributed by atoms with Crippen LogP contribution in [-0.2, 0) is 10.0 Å². The number of nitro benzene ring substituents is 1. The highest BCUT2D eigenvalue weighted by atomic mass is 32.2. The maximum absolute atomic E-state index is 12.4. The van der Waals surface area contributed by atoms with Crippen molar-refractivity contribution in [1.29, 1.82) is 0 Å². The molecule has 0 spiro atoms. The van der Waals surface area contributed by atoms with Gasteiger partial charge in [0.25, 0.3) is 10.0 Å². The van der Waals surface area contributed by atoms with Crippen molar-refractivity contribution in [2.75, 3.05) is 20.8 Å². The predicted octanol–water partition coefficient (Wildman–Crippen LogP) is 2.71. The van der Waals surface area contributed by atoms with E-state index >= 15 is 0 Å². The lowest BCUT2D eigenvalue weighted by atomic mass is 10.2. The first-order chi connectivity index (χ1) is 13.8. The first kappa shape index (κ1) is 22.0. The number of sulfonamides is 1. The SMILES string of the molecule is CCCOc1ccc(/C=N/NS(=O)(=O)c2ccc(OC)c(OC)c2)cc1[N+](=O)[O-]. The zero-order valence-corrected chi connectivity index (χ0v) is 16.9. The van der Waals surface area contributed by atoms with Crippen molar-refractivity contribution in [2.45, 2.75) is 18.2 Å². The summed E-state index contributed by atoms with van der Waals surface area (Å²) in [5, 5.41) is 14.9. The Bertz CT molecular complexity index is 1010. The van der Waals surface area contributed by atoms with Gasteiger partial charge in [-0.15, -0.1) is 0 Å². The van der Waals surface area contributed by atoms with E-state index in [1.165, 1.54) is 50.6 Å². The van der Waals surface area contributed by atoms with Gasteiger partial charge in [0, 0.05) is 17.7 Å². The molecular weight excluding hydrogens is 402 g/mol. The molecule has 2 rings (SSSR count). The zero-order valence-electron chi connectivity index (χ0n) is 16.1. The lowest BCUT2D eigenvalue weighted by Gasteiger charge is -2.09. The van der Waals surface area contributed by atoms with E-state index in [0.717, 1.165) is 6.21 Å². The molecule has 0 aliphatic carbocycles. The van der Waals surface area contributed by atoms with E-state index in [2.05, 4.69) is 9.93 Å². The second kappa shape index (κ2) is 9.73. The van der Waals surface area contributed by atoms with E-state index in [9.17, 15) is 18.5 Å². The van der Waals surface area contributed by atoms with Crippen molar-refractivity contribution in [1.82, 2.24) is 4.83 Å². The number of hydrazone groups is 1. The van der Waals surface area contributed by atoms with Gasteiger partial charge in [0.15, 0.2) is 17.2 Å². The number of hydrogen-bond acceptors (Lipinski definition) is 8. The van der Waals surface area contributed by atoms with Crippen molar-refractivity contribution < 1.29 is 27.6 Å². The molecular formula is C18H21N3O7S. The average Bonchev–Trinajstić information content (AvgIpc) is 2.71. The Labute approximate surface area is 168 Å². The fourth-order valence-corrected chi connectivity index (χ4v) is 3.10. The van der Waals surface area contributed by atoms with Crippen LogP contribution >= 0.6 is 0 Å². The van der Waals surface area contributed by atoms with E-state index in [1.54, 1.807) is 0 Å². The van der Waals surface area contributed by atoms with Gasteiger partial charge in [-0.1, -0.05) is 6.92 Å². The molecule has 0 bridgehead atoms. The third-order valence-electron chi connectivity index (χ3n) is 3.69. The average molecular weight is 423 g/mol. The number of benzene rings is 2. The smallest absolute Gasteiger partial charge is 0.311 e. The Morgan fingerprint density at radius 2 is 1.79 bits per heavy atom. The third-order valence-corrected chi connectivity index (χ3v) is 4.91. The molecule has 0 heterocycles. The number of methoxy groups -OCH3 is 2. The molecule has 0 aromatic heterocycles. The number of hydrogen-bond donors (Lipinski definition) is 1. The minimum Gasteiger partial charge on any atom is -0.493 e. The van der Waals surface area contributed by atoms with Gasteiger partial charge in [-0.25, -0.2) is 4.83 Å². The van der Waals surface area contributed by atoms with Crippen LogP contribution in [-0.4, -0.2) is 40.4 Å². The van der Waals surface area contributed by atoms with Crippen LogP contribution < -0.4 is 19.0 Å². The molecule has 29 heavy (non-hydrogen) atoms. The van der Waals surface area contributed by atoms with E-state index in [1.807, 2.05) is 6.92 Å². The monoisotopic (exact) mass is 423 g/mol. The number of rotatable bonds is 10. The molecule has 0 aliphatic rings. The third kappa shape index (κ3) is 5.57. The summed E-state index contributed by atoms with van der Waals surface area (Å²) >= 11 is 0. The summed E-state index contributed by atoms with van der Waals surface area (Å²) in [7, 11) is -1.15. The van der Waals surface area contributed by atoms with Crippen molar-refractivity contribution >= 4 is 21.9 Å². The van der Waals surface area contributed by atoms with Crippen molar-refractivity contribution in [3.8, 4) is 17.2 Å². The molecule has 156 valence electrons.